The van der Waals surface area contributed by atoms with Crippen LogP contribution in [0.5, 0.6) is 0 Å². The Morgan fingerprint density at radius 1 is 1.19 bits per heavy atom. The normalized spacial score (nSPS) is 16.5. The lowest BCUT2D eigenvalue weighted by Crippen LogP contribution is -2.46. The van der Waals surface area contributed by atoms with Gasteiger partial charge in [0, 0.05) is 38.0 Å². The number of likely N-dealkylation sites (tertiary alicyclic amines) is 1. The van der Waals surface area contributed by atoms with Gasteiger partial charge >= 0.3 is 0 Å². The molecule has 0 radical (unpaired) electrons. The number of nitrogens with zero attached hydrogens (tertiary/aromatic N) is 2. The van der Waals surface area contributed by atoms with Gasteiger partial charge in [0.25, 0.3) is 0 Å². The molecule has 5 nitrogen and oxygen atoms in total. The van der Waals surface area contributed by atoms with Gasteiger partial charge < -0.3 is 15.1 Å². The summed E-state index contributed by atoms with van der Waals surface area (Å²) < 4.78 is 0. The van der Waals surface area contributed by atoms with Crippen molar-refractivity contribution in [3.05, 3.63) is 35.9 Å². The summed E-state index contributed by atoms with van der Waals surface area (Å²) in [5.41, 5.74) is 1.28. The SMILES string of the molecule is CCCC(=O)N1CCC(C(=O)NCC(Cc2ccccc2)N(C)C)CC1. The highest BCUT2D eigenvalue weighted by Crippen LogP contribution is 2.18. The van der Waals surface area contributed by atoms with E-state index in [9.17, 15) is 9.59 Å². The average molecular weight is 360 g/mol. The Bertz CT molecular complexity index is 566. The third kappa shape index (κ3) is 6.13. The van der Waals surface area contributed by atoms with Gasteiger partial charge in [-0.05, 0) is 45.3 Å². The molecule has 26 heavy (non-hydrogen) atoms. The molecule has 0 aliphatic carbocycles. The van der Waals surface area contributed by atoms with Crippen LogP contribution in [0.3, 0.4) is 0 Å². The summed E-state index contributed by atoms with van der Waals surface area (Å²) in [6.07, 6.45) is 3.95. The van der Waals surface area contributed by atoms with Gasteiger partial charge in [-0.1, -0.05) is 37.3 Å². The van der Waals surface area contributed by atoms with Crippen molar-refractivity contribution >= 4 is 11.8 Å². The zero-order valence-electron chi connectivity index (χ0n) is 16.4. The first-order valence-corrected chi connectivity index (χ1v) is 9.77. The summed E-state index contributed by atoms with van der Waals surface area (Å²) in [7, 11) is 4.11. The Kier molecular flexibility index (Phi) is 8.10. The zero-order chi connectivity index (χ0) is 18.9. The Balaban J connectivity index is 1.79. The van der Waals surface area contributed by atoms with E-state index in [1.165, 1.54) is 5.56 Å². The number of benzene rings is 1. The van der Waals surface area contributed by atoms with E-state index in [0.717, 1.165) is 25.7 Å². The lowest BCUT2D eigenvalue weighted by atomic mass is 9.95. The van der Waals surface area contributed by atoms with Crippen molar-refractivity contribution in [2.75, 3.05) is 33.7 Å². The van der Waals surface area contributed by atoms with E-state index >= 15 is 0 Å². The molecule has 2 amide bonds. The number of carbonyl (C=O) groups excluding carboxylic acids is 2. The van der Waals surface area contributed by atoms with Crippen LogP contribution in [0.15, 0.2) is 30.3 Å². The van der Waals surface area contributed by atoms with E-state index in [4.69, 9.17) is 0 Å². The first-order valence-electron chi connectivity index (χ1n) is 9.77. The predicted octanol–water partition coefficient (Wildman–Crippen LogP) is 2.31. The number of nitrogens with one attached hydrogen (secondary N) is 1. The smallest absolute Gasteiger partial charge is 0.223 e. The van der Waals surface area contributed by atoms with Gasteiger partial charge in [-0.3, -0.25) is 9.59 Å². The molecule has 2 rings (SSSR count). The van der Waals surface area contributed by atoms with Crippen molar-refractivity contribution in [3.8, 4) is 0 Å². The van der Waals surface area contributed by atoms with Crippen molar-refractivity contribution in [1.82, 2.24) is 15.1 Å². The van der Waals surface area contributed by atoms with E-state index in [2.05, 4.69) is 36.4 Å². The van der Waals surface area contributed by atoms with E-state index < -0.39 is 0 Å². The van der Waals surface area contributed by atoms with Crippen molar-refractivity contribution in [3.63, 3.8) is 0 Å². The summed E-state index contributed by atoms with van der Waals surface area (Å²) >= 11 is 0. The Hall–Kier alpha value is -1.88. The highest BCUT2D eigenvalue weighted by molar-refractivity contribution is 5.80. The first-order chi connectivity index (χ1) is 12.5. The fourth-order valence-electron chi connectivity index (χ4n) is 3.45. The standard InChI is InChI=1S/C21H33N3O2/c1-4-8-20(25)24-13-11-18(12-14-24)21(26)22-16-19(23(2)3)15-17-9-6-5-7-10-17/h5-7,9-10,18-19H,4,8,11-16H2,1-3H3,(H,22,26). The van der Waals surface area contributed by atoms with Gasteiger partial charge in [-0.15, -0.1) is 0 Å². The number of rotatable bonds is 8. The zero-order valence-corrected chi connectivity index (χ0v) is 16.4. The monoisotopic (exact) mass is 359 g/mol. The van der Waals surface area contributed by atoms with Crippen molar-refractivity contribution < 1.29 is 9.59 Å². The molecule has 1 aliphatic rings. The molecule has 1 fully saturated rings. The van der Waals surface area contributed by atoms with Crippen LogP contribution >= 0.6 is 0 Å². The van der Waals surface area contributed by atoms with E-state index in [1.54, 1.807) is 0 Å². The van der Waals surface area contributed by atoms with E-state index in [1.807, 2.05) is 30.0 Å². The Labute approximate surface area is 157 Å². The first kappa shape index (κ1) is 20.4. The van der Waals surface area contributed by atoms with Gasteiger partial charge in [0.2, 0.25) is 11.8 Å². The topological polar surface area (TPSA) is 52.7 Å². The summed E-state index contributed by atoms with van der Waals surface area (Å²) in [6, 6.07) is 10.6. The van der Waals surface area contributed by atoms with Gasteiger partial charge in [-0.25, -0.2) is 0 Å². The maximum absolute atomic E-state index is 12.5. The van der Waals surface area contributed by atoms with Gasteiger partial charge in [0.1, 0.15) is 0 Å². The number of likely N-dealkylation sites (N-methyl/N-ethyl adjacent to an activating group) is 1. The maximum atomic E-state index is 12.5. The Morgan fingerprint density at radius 3 is 2.42 bits per heavy atom. The number of hydrogen-bond donors (Lipinski definition) is 1. The second-order valence-corrected chi connectivity index (χ2v) is 7.46. The molecule has 144 valence electrons. The molecule has 1 aliphatic heterocycles. The van der Waals surface area contributed by atoms with Gasteiger partial charge in [-0.2, -0.15) is 0 Å². The van der Waals surface area contributed by atoms with Gasteiger partial charge in [0.05, 0.1) is 0 Å². The molecule has 1 heterocycles. The number of carbonyl (C=O) groups is 2. The highest BCUT2D eigenvalue weighted by Gasteiger charge is 2.27. The molecule has 0 aromatic heterocycles. The molecule has 0 saturated carbocycles. The summed E-state index contributed by atoms with van der Waals surface area (Å²) in [6.45, 7) is 4.08. The third-order valence-corrected chi connectivity index (χ3v) is 5.24. The lowest BCUT2D eigenvalue weighted by Gasteiger charge is -2.32. The van der Waals surface area contributed by atoms with Crippen LogP contribution in [0, 0.1) is 5.92 Å². The molecule has 1 N–H and O–H groups in total. The Morgan fingerprint density at radius 2 is 1.85 bits per heavy atom. The molecule has 0 bridgehead atoms. The molecule has 1 saturated heterocycles. The average Bonchev–Trinajstić information content (AvgIpc) is 2.65. The number of hydrogen-bond acceptors (Lipinski definition) is 3. The fourth-order valence-corrected chi connectivity index (χ4v) is 3.45. The second kappa shape index (κ2) is 10.3. The minimum absolute atomic E-state index is 0.0280. The lowest BCUT2D eigenvalue weighted by molar-refractivity contribution is -0.135. The summed E-state index contributed by atoms with van der Waals surface area (Å²) in [4.78, 5) is 28.6. The van der Waals surface area contributed by atoms with Crippen LogP contribution in [0.25, 0.3) is 0 Å². The molecule has 1 unspecified atom stereocenters. The van der Waals surface area contributed by atoms with Crippen LogP contribution in [-0.2, 0) is 16.0 Å². The minimum atomic E-state index is 0.0280. The van der Waals surface area contributed by atoms with Crippen LogP contribution in [0.1, 0.15) is 38.2 Å². The molecule has 5 heteroatoms. The van der Waals surface area contributed by atoms with E-state index in [0.29, 0.717) is 26.1 Å². The van der Waals surface area contributed by atoms with E-state index in [-0.39, 0.29) is 23.8 Å². The largest absolute Gasteiger partial charge is 0.354 e. The van der Waals surface area contributed by atoms with Gasteiger partial charge in [0.15, 0.2) is 0 Å². The minimum Gasteiger partial charge on any atom is -0.354 e. The highest BCUT2D eigenvalue weighted by atomic mass is 16.2. The quantitative estimate of drug-likeness (QED) is 0.775. The third-order valence-electron chi connectivity index (χ3n) is 5.24. The van der Waals surface area contributed by atoms with Crippen molar-refractivity contribution in [1.29, 1.82) is 0 Å². The molecule has 0 spiro atoms. The predicted molar refractivity (Wildman–Crippen MR) is 105 cm³/mol. The number of amides is 2. The second-order valence-electron chi connectivity index (χ2n) is 7.46. The molecule has 1 aromatic rings. The van der Waals surface area contributed by atoms with Crippen LogP contribution < -0.4 is 5.32 Å². The van der Waals surface area contributed by atoms with Crippen LogP contribution in [0.2, 0.25) is 0 Å². The van der Waals surface area contributed by atoms with Crippen molar-refractivity contribution in [2.45, 2.75) is 45.1 Å². The summed E-state index contributed by atoms with van der Waals surface area (Å²) in [5.74, 6) is 0.384. The molecular formula is C21H33N3O2. The summed E-state index contributed by atoms with van der Waals surface area (Å²) in [5, 5.41) is 3.14. The molecular weight excluding hydrogens is 326 g/mol. The van der Waals surface area contributed by atoms with Crippen LogP contribution in [-0.4, -0.2) is 61.4 Å². The van der Waals surface area contributed by atoms with Crippen molar-refractivity contribution in [2.24, 2.45) is 5.92 Å². The fraction of sp³-hybridized carbons (Fsp3) is 0.619. The molecule has 1 atom stereocenters. The maximum Gasteiger partial charge on any atom is 0.223 e. The number of piperidine rings is 1. The molecule has 1 aromatic carbocycles. The van der Waals surface area contributed by atoms with Crippen LogP contribution in [0.4, 0.5) is 0 Å².